The Labute approximate surface area is 117 Å². The first-order valence-electron chi connectivity index (χ1n) is 6.08. The summed E-state index contributed by atoms with van der Waals surface area (Å²) in [6, 6.07) is 5.03. The number of carbonyl (C=O) groups excluding carboxylic acids is 1. The van der Waals surface area contributed by atoms with E-state index in [4.69, 9.17) is 23.2 Å². The second-order valence-electron chi connectivity index (χ2n) is 4.36. The lowest BCUT2D eigenvalue weighted by molar-refractivity contribution is 0.0643. The van der Waals surface area contributed by atoms with Crippen molar-refractivity contribution in [1.82, 2.24) is 9.80 Å². The van der Waals surface area contributed by atoms with Crippen LogP contribution in [-0.4, -0.2) is 48.4 Å². The number of piperazine rings is 1. The van der Waals surface area contributed by atoms with Crippen LogP contribution in [-0.2, 0) is 0 Å². The molecule has 0 bridgehead atoms. The third kappa shape index (κ3) is 2.97. The van der Waals surface area contributed by atoms with E-state index in [-0.39, 0.29) is 5.91 Å². The monoisotopic (exact) mass is 286 g/mol. The second-order valence-corrected chi connectivity index (χ2v) is 5.17. The van der Waals surface area contributed by atoms with E-state index in [0.29, 0.717) is 15.6 Å². The van der Waals surface area contributed by atoms with Crippen LogP contribution < -0.4 is 0 Å². The number of carbonyl (C=O) groups is 1. The standard InChI is InChI=1S/C13H16Cl2N2O/c1-2-16-5-7-17(8-6-16)13(18)10-3-4-11(14)12(15)9-10/h3-4,9H,2,5-8H2,1H3. The van der Waals surface area contributed by atoms with Crippen LogP contribution in [0.2, 0.25) is 10.0 Å². The number of hydrogen-bond acceptors (Lipinski definition) is 2. The van der Waals surface area contributed by atoms with Crippen LogP contribution in [0.1, 0.15) is 17.3 Å². The molecular weight excluding hydrogens is 271 g/mol. The lowest BCUT2D eigenvalue weighted by Crippen LogP contribution is -2.48. The summed E-state index contributed by atoms with van der Waals surface area (Å²) < 4.78 is 0. The summed E-state index contributed by atoms with van der Waals surface area (Å²) in [7, 11) is 0. The molecule has 0 atom stereocenters. The molecule has 1 aliphatic heterocycles. The van der Waals surface area contributed by atoms with Crippen LogP contribution >= 0.6 is 23.2 Å². The maximum Gasteiger partial charge on any atom is 0.253 e. The van der Waals surface area contributed by atoms with Crippen LogP contribution in [0.25, 0.3) is 0 Å². The molecule has 18 heavy (non-hydrogen) atoms. The summed E-state index contributed by atoms with van der Waals surface area (Å²) in [5, 5.41) is 0.902. The molecule has 0 radical (unpaired) electrons. The molecule has 98 valence electrons. The van der Waals surface area contributed by atoms with E-state index >= 15 is 0 Å². The minimum atomic E-state index is 0.0318. The van der Waals surface area contributed by atoms with E-state index in [0.717, 1.165) is 32.7 Å². The van der Waals surface area contributed by atoms with Gasteiger partial charge in [-0.1, -0.05) is 30.1 Å². The molecule has 5 heteroatoms. The first-order valence-corrected chi connectivity index (χ1v) is 6.84. The molecule has 1 heterocycles. The van der Waals surface area contributed by atoms with Gasteiger partial charge in [0.15, 0.2) is 0 Å². The fourth-order valence-electron chi connectivity index (χ4n) is 2.08. The fraction of sp³-hybridized carbons (Fsp3) is 0.462. The van der Waals surface area contributed by atoms with Crippen LogP contribution in [0.15, 0.2) is 18.2 Å². The highest BCUT2D eigenvalue weighted by Gasteiger charge is 2.21. The highest BCUT2D eigenvalue weighted by atomic mass is 35.5. The third-order valence-electron chi connectivity index (χ3n) is 3.27. The quantitative estimate of drug-likeness (QED) is 0.835. The molecule has 0 unspecified atom stereocenters. The summed E-state index contributed by atoms with van der Waals surface area (Å²) >= 11 is 11.8. The summed E-state index contributed by atoms with van der Waals surface area (Å²) in [4.78, 5) is 16.5. The number of rotatable bonds is 2. The predicted molar refractivity (Wildman–Crippen MR) is 74.5 cm³/mol. The highest BCUT2D eigenvalue weighted by Crippen LogP contribution is 2.23. The van der Waals surface area contributed by atoms with Crippen molar-refractivity contribution >= 4 is 29.1 Å². The Balaban J connectivity index is 2.05. The first kappa shape index (κ1) is 13.7. The first-order chi connectivity index (χ1) is 8.61. The van der Waals surface area contributed by atoms with Crippen molar-refractivity contribution in [3.8, 4) is 0 Å². The van der Waals surface area contributed by atoms with Gasteiger partial charge in [0, 0.05) is 31.7 Å². The van der Waals surface area contributed by atoms with E-state index in [1.54, 1.807) is 18.2 Å². The van der Waals surface area contributed by atoms with Crippen LogP contribution in [0.4, 0.5) is 0 Å². The minimum Gasteiger partial charge on any atom is -0.336 e. The molecule has 0 N–H and O–H groups in total. The number of halogens is 2. The number of amides is 1. The molecule has 0 saturated carbocycles. The SMILES string of the molecule is CCN1CCN(C(=O)c2ccc(Cl)c(Cl)c2)CC1. The van der Waals surface area contributed by atoms with Gasteiger partial charge in [-0.2, -0.15) is 0 Å². The molecule has 1 saturated heterocycles. The van der Waals surface area contributed by atoms with Crippen LogP contribution in [0.5, 0.6) is 0 Å². The summed E-state index contributed by atoms with van der Waals surface area (Å²) in [5.41, 5.74) is 0.606. The number of likely N-dealkylation sites (N-methyl/N-ethyl adjacent to an activating group) is 1. The van der Waals surface area contributed by atoms with E-state index in [9.17, 15) is 4.79 Å². The lowest BCUT2D eigenvalue weighted by atomic mass is 10.2. The predicted octanol–water partition coefficient (Wildman–Crippen LogP) is 2.77. The molecule has 0 aliphatic carbocycles. The molecular formula is C13H16Cl2N2O. The van der Waals surface area contributed by atoms with Gasteiger partial charge in [0.1, 0.15) is 0 Å². The largest absolute Gasteiger partial charge is 0.336 e. The molecule has 1 fully saturated rings. The molecule has 1 aromatic rings. The summed E-state index contributed by atoms with van der Waals surface area (Å²) in [6.07, 6.45) is 0. The van der Waals surface area contributed by atoms with Crippen molar-refractivity contribution in [2.45, 2.75) is 6.92 Å². The summed E-state index contributed by atoms with van der Waals surface area (Å²) in [5.74, 6) is 0.0318. The Morgan fingerprint density at radius 3 is 2.39 bits per heavy atom. The molecule has 0 aromatic heterocycles. The van der Waals surface area contributed by atoms with Gasteiger partial charge in [-0.3, -0.25) is 4.79 Å². The topological polar surface area (TPSA) is 23.6 Å². The van der Waals surface area contributed by atoms with E-state index in [1.165, 1.54) is 0 Å². The molecule has 1 amide bonds. The van der Waals surface area contributed by atoms with Gasteiger partial charge in [-0.25, -0.2) is 0 Å². The zero-order chi connectivity index (χ0) is 13.1. The Kier molecular flexibility index (Phi) is 4.49. The molecule has 1 aliphatic rings. The molecule has 3 nitrogen and oxygen atoms in total. The molecule has 0 spiro atoms. The zero-order valence-electron chi connectivity index (χ0n) is 10.3. The average molecular weight is 287 g/mol. The van der Waals surface area contributed by atoms with Crippen LogP contribution in [0, 0.1) is 0 Å². The van der Waals surface area contributed by atoms with E-state index < -0.39 is 0 Å². The molecule has 1 aromatic carbocycles. The van der Waals surface area contributed by atoms with Gasteiger partial charge in [-0.05, 0) is 24.7 Å². The maximum atomic E-state index is 12.3. The van der Waals surface area contributed by atoms with Gasteiger partial charge < -0.3 is 9.80 Å². The van der Waals surface area contributed by atoms with E-state index in [1.807, 2.05) is 4.90 Å². The second kappa shape index (κ2) is 5.91. The normalized spacial score (nSPS) is 16.9. The zero-order valence-corrected chi connectivity index (χ0v) is 11.8. The number of nitrogens with zero attached hydrogens (tertiary/aromatic N) is 2. The Morgan fingerprint density at radius 1 is 1.17 bits per heavy atom. The molecule has 2 rings (SSSR count). The fourth-order valence-corrected chi connectivity index (χ4v) is 2.38. The van der Waals surface area contributed by atoms with Crippen molar-refractivity contribution in [2.24, 2.45) is 0 Å². The van der Waals surface area contributed by atoms with Gasteiger partial charge in [0.25, 0.3) is 5.91 Å². The average Bonchev–Trinajstić information content (AvgIpc) is 2.41. The van der Waals surface area contributed by atoms with E-state index in [2.05, 4.69) is 11.8 Å². The Bertz CT molecular complexity index is 443. The Hall–Kier alpha value is -0.770. The van der Waals surface area contributed by atoms with Crippen molar-refractivity contribution < 1.29 is 4.79 Å². The van der Waals surface area contributed by atoms with Gasteiger partial charge in [0.2, 0.25) is 0 Å². The van der Waals surface area contributed by atoms with Gasteiger partial charge in [-0.15, -0.1) is 0 Å². The minimum absolute atomic E-state index is 0.0318. The third-order valence-corrected chi connectivity index (χ3v) is 4.01. The number of hydrogen-bond donors (Lipinski definition) is 0. The smallest absolute Gasteiger partial charge is 0.253 e. The van der Waals surface area contributed by atoms with Crippen molar-refractivity contribution in [3.05, 3.63) is 33.8 Å². The highest BCUT2D eigenvalue weighted by molar-refractivity contribution is 6.42. The van der Waals surface area contributed by atoms with Crippen molar-refractivity contribution in [1.29, 1.82) is 0 Å². The summed E-state index contributed by atoms with van der Waals surface area (Å²) in [6.45, 7) is 6.58. The van der Waals surface area contributed by atoms with Crippen LogP contribution in [0.3, 0.4) is 0 Å². The van der Waals surface area contributed by atoms with Crippen molar-refractivity contribution in [3.63, 3.8) is 0 Å². The maximum absolute atomic E-state index is 12.3. The van der Waals surface area contributed by atoms with Crippen molar-refractivity contribution in [2.75, 3.05) is 32.7 Å². The Morgan fingerprint density at radius 2 is 1.83 bits per heavy atom. The lowest BCUT2D eigenvalue weighted by Gasteiger charge is -2.34. The number of benzene rings is 1. The van der Waals surface area contributed by atoms with Gasteiger partial charge >= 0.3 is 0 Å². The van der Waals surface area contributed by atoms with Gasteiger partial charge in [0.05, 0.1) is 10.0 Å².